The van der Waals surface area contributed by atoms with E-state index >= 15 is 0 Å². The molecule has 1 aliphatic heterocycles. The third-order valence-electron chi connectivity index (χ3n) is 10.7. The first kappa shape index (κ1) is 43.3. The standard InChI is InChI=1S/C45H50Cl3N5O4/c1-9-44(5,6)30-18-21-38(35(24-30)45(7,8)10-2)57-27-39(54)49-32-15-13-14-29(23-32)42(55)50-41-34(22-28-16-19-33(20-17-28)52(11-3)12-4)43(56)53(51-41)40-36(47)25-31(46)26-37(40)48/h13-26H,9-12,27H2,1-8H3,(H,49,54)(H,50,51,55). The molecule has 4 aromatic carbocycles. The van der Waals surface area contributed by atoms with E-state index in [-0.39, 0.29) is 61.1 Å². The summed E-state index contributed by atoms with van der Waals surface area (Å²) in [5, 5.41) is 11.7. The smallest absolute Gasteiger partial charge is 0.282 e. The van der Waals surface area contributed by atoms with Crippen LogP contribution in [0.2, 0.25) is 15.1 Å². The molecule has 0 radical (unpaired) electrons. The van der Waals surface area contributed by atoms with Crippen molar-refractivity contribution in [3.63, 3.8) is 0 Å². The van der Waals surface area contributed by atoms with Gasteiger partial charge in [0.25, 0.3) is 17.7 Å². The lowest BCUT2D eigenvalue weighted by Gasteiger charge is -2.30. The topological polar surface area (TPSA) is 103 Å². The van der Waals surface area contributed by atoms with Crippen molar-refractivity contribution in [2.45, 2.75) is 79.1 Å². The lowest BCUT2D eigenvalue weighted by atomic mass is 9.76. The van der Waals surface area contributed by atoms with E-state index in [2.05, 4.69) is 88.2 Å². The van der Waals surface area contributed by atoms with Crippen LogP contribution >= 0.6 is 34.8 Å². The predicted molar refractivity (Wildman–Crippen MR) is 235 cm³/mol. The molecule has 0 saturated carbocycles. The minimum Gasteiger partial charge on any atom is -0.483 e. The highest BCUT2D eigenvalue weighted by atomic mass is 35.5. The molecule has 9 nitrogen and oxygen atoms in total. The van der Waals surface area contributed by atoms with Crippen molar-refractivity contribution < 1.29 is 19.1 Å². The van der Waals surface area contributed by atoms with Crippen molar-refractivity contribution in [2.75, 3.05) is 34.9 Å². The van der Waals surface area contributed by atoms with Gasteiger partial charge in [-0.3, -0.25) is 14.4 Å². The van der Waals surface area contributed by atoms with Crippen LogP contribution in [0.3, 0.4) is 0 Å². The second kappa shape index (κ2) is 18.2. The first-order valence-corrected chi connectivity index (χ1v) is 20.3. The molecule has 0 spiro atoms. The zero-order valence-corrected chi connectivity index (χ0v) is 36.0. The van der Waals surface area contributed by atoms with Crippen LogP contribution in [0.15, 0.2) is 89.5 Å². The summed E-state index contributed by atoms with van der Waals surface area (Å²) in [6.07, 6.45) is 3.52. The van der Waals surface area contributed by atoms with Crippen LogP contribution in [-0.2, 0) is 20.4 Å². The quantitative estimate of drug-likeness (QED) is 0.123. The molecule has 5 rings (SSSR count). The van der Waals surface area contributed by atoms with Crippen LogP contribution in [0, 0.1) is 0 Å². The first-order valence-electron chi connectivity index (χ1n) is 19.2. The van der Waals surface area contributed by atoms with E-state index in [1.165, 1.54) is 23.8 Å². The van der Waals surface area contributed by atoms with Gasteiger partial charge in [0.15, 0.2) is 12.4 Å². The SMILES string of the molecule is CCN(CC)c1ccc(C=C2C(=O)N(c3c(Cl)cc(Cl)cc3Cl)N=C2NC(=O)c2cccc(NC(=O)COc3ccc(C(C)(C)CC)cc3C(C)(C)CC)c2)cc1. The minimum atomic E-state index is -0.562. The summed E-state index contributed by atoms with van der Waals surface area (Å²) in [6, 6.07) is 23.3. The molecule has 0 fully saturated rings. The number of benzene rings is 4. The number of hydrogen-bond acceptors (Lipinski definition) is 6. The van der Waals surface area contributed by atoms with Crippen molar-refractivity contribution in [1.29, 1.82) is 0 Å². The van der Waals surface area contributed by atoms with Crippen molar-refractivity contribution in [3.8, 4) is 5.75 Å². The van der Waals surface area contributed by atoms with Crippen LogP contribution in [0.1, 0.15) is 95.3 Å². The third-order valence-corrected chi connectivity index (χ3v) is 11.5. The summed E-state index contributed by atoms with van der Waals surface area (Å²) in [4.78, 5) is 43.2. The van der Waals surface area contributed by atoms with Gasteiger partial charge in [0.05, 0.1) is 15.6 Å². The Kier molecular flexibility index (Phi) is 13.8. The van der Waals surface area contributed by atoms with Gasteiger partial charge in [0.2, 0.25) is 0 Å². The van der Waals surface area contributed by atoms with Crippen molar-refractivity contribution in [2.24, 2.45) is 5.10 Å². The summed E-state index contributed by atoms with van der Waals surface area (Å²) in [5.41, 5.74) is 4.69. The van der Waals surface area contributed by atoms with Gasteiger partial charge in [-0.15, -0.1) is 5.10 Å². The number of carbonyl (C=O) groups is 3. The molecule has 0 bridgehead atoms. The zero-order valence-electron chi connectivity index (χ0n) is 33.7. The monoisotopic (exact) mass is 829 g/mol. The van der Waals surface area contributed by atoms with Crippen molar-refractivity contribution in [1.82, 2.24) is 5.32 Å². The fourth-order valence-corrected chi connectivity index (χ4v) is 7.30. The third kappa shape index (κ3) is 10.0. The Morgan fingerprint density at radius 1 is 0.825 bits per heavy atom. The molecule has 57 heavy (non-hydrogen) atoms. The molecule has 1 aliphatic rings. The molecule has 4 aromatic rings. The lowest BCUT2D eigenvalue weighted by Crippen LogP contribution is -2.31. The normalized spacial score (nSPS) is 13.8. The number of amides is 3. The summed E-state index contributed by atoms with van der Waals surface area (Å²) >= 11 is 19.2. The van der Waals surface area contributed by atoms with E-state index in [1.807, 2.05) is 30.3 Å². The molecule has 12 heteroatoms. The number of amidine groups is 1. The highest BCUT2D eigenvalue weighted by Gasteiger charge is 2.35. The van der Waals surface area contributed by atoms with Gasteiger partial charge >= 0.3 is 0 Å². The Morgan fingerprint density at radius 2 is 1.47 bits per heavy atom. The summed E-state index contributed by atoms with van der Waals surface area (Å²) in [7, 11) is 0. The van der Waals surface area contributed by atoms with Crippen LogP contribution in [0.5, 0.6) is 5.75 Å². The second-order valence-corrected chi connectivity index (χ2v) is 16.4. The Balaban J connectivity index is 1.37. The van der Waals surface area contributed by atoms with E-state index in [0.29, 0.717) is 17.0 Å². The summed E-state index contributed by atoms with van der Waals surface area (Å²) in [6.45, 7) is 18.7. The molecule has 300 valence electrons. The highest BCUT2D eigenvalue weighted by Crippen LogP contribution is 2.40. The fraction of sp³-hybridized carbons (Fsp3) is 0.333. The molecule has 2 N–H and O–H groups in total. The van der Waals surface area contributed by atoms with Crippen LogP contribution in [-0.4, -0.2) is 43.3 Å². The van der Waals surface area contributed by atoms with Crippen molar-refractivity contribution in [3.05, 3.63) is 122 Å². The maximum atomic E-state index is 14.0. The molecule has 0 atom stereocenters. The molecule has 1 heterocycles. The molecule has 0 aliphatic carbocycles. The second-order valence-electron chi connectivity index (χ2n) is 15.2. The van der Waals surface area contributed by atoms with Gasteiger partial charge in [-0.2, -0.15) is 5.01 Å². The zero-order chi connectivity index (χ0) is 41.7. The maximum Gasteiger partial charge on any atom is 0.282 e. The van der Waals surface area contributed by atoms with Crippen LogP contribution < -0.4 is 25.3 Å². The number of nitrogens with zero attached hydrogens (tertiary/aromatic N) is 3. The van der Waals surface area contributed by atoms with Gasteiger partial charge in [-0.25, -0.2) is 0 Å². The minimum absolute atomic E-state index is 0.00142. The molecular formula is C45H50Cl3N5O4. The van der Waals surface area contributed by atoms with Crippen LogP contribution in [0.25, 0.3) is 6.08 Å². The number of anilines is 3. The van der Waals surface area contributed by atoms with Gasteiger partial charge in [-0.05, 0) is 103 Å². The average Bonchev–Trinajstić information content (AvgIpc) is 3.47. The van der Waals surface area contributed by atoms with Crippen molar-refractivity contribution >= 4 is 81.5 Å². The maximum absolute atomic E-state index is 14.0. The Hall–Kier alpha value is -4.83. The number of nitrogens with one attached hydrogen (secondary N) is 2. The first-order chi connectivity index (χ1) is 27.0. The number of hydrazone groups is 1. The van der Waals surface area contributed by atoms with Crippen LogP contribution in [0.4, 0.5) is 17.1 Å². The van der Waals surface area contributed by atoms with Gasteiger partial charge < -0.3 is 20.3 Å². The van der Waals surface area contributed by atoms with Gasteiger partial charge in [0, 0.05) is 40.6 Å². The number of hydrogen-bond donors (Lipinski definition) is 2. The molecule has 3 amide bonds. The van der Waals surface area contributed by atoms with Gasteiger partial charge in [-0.1, -0.05) is 107 Å². The lowest BCUT2D eigenvalue weighted by molar-refractivity contribution is -0.118. The number of ether oxygens (including phenoxy) is 1. The largest absolute Gasteiger partial charge is 0.483 e. The van der Waals surface area contributed by atoms with E-state index in [4.69, 9.17) is 39.5 Å². The van der Waals surface area contributed by atoms with E-state index < -0.39 is 11.8 Å². The number of halogens is 3. The molecule has 0 saturated heterocycles. The summed E-state index contributed by atoms with van der Waals surface area (Å²) < 4.78 is 6.12. The van der Waals surface area contributed by atoms with E-state index in [1.54, 1.807) is 24.3 Å². The van der Waals surface area contributed by atoms with E-state index in [9.17, 15) is 14.4 Å². The average molecular weight is 831 g/mol. The fourth-order valence-electron chi connectivity index (χ4n) is 6.32. The Labute approximate surface area is 351 Å². The number of carbonyl (C=O) groups excluding carboxylic acids is 3. The highest BCUT2D eigenvalue weighted by molar-refractivity contribution is 6.44. The Morgan fingerprint density at radius 3 is 2.09 bits per heavy atom. The summed E-state index contributed by atoms with van der Waals surface area (Å²) in [5.74, 6) is -0.859. The number of rotatable bonds is 14. The van der Waals surface area contributed by atoms with E-state index in [0.717, 1.165) is 42.2 Å². The molecule has 0 aromatic heterocycles. The van der Waals surface area contributed by atoms with Gasteiger partial charge in [0.1, 0.15) is 11.4 Å². The Bertz CT molecular complexity index is 2190. The molecular weight excluding hydrogens is 781 g/mol. The predicted octanol–water partition coefficient (Wildman–Crippen LogP) is 11.1. The molecule has 0 unspecified atom stereocenters.